The zero-order chi connectivity index (χ0) is 10.4. The highest BCUT2D eigenvalue weighted by atomic mass is 16.5. The van der Waals surface area contributed by atoms with E-state index >= 15 is 0 Å². The zero-order valence-corrected chi connectivity index (χ0v) is 9.42. The van der Waals surface area contributed by atoms with Gasteiger partial charge in [-0.3, -0.25) is 4.79 Å². The van der Waals surface area contributed by atoms with E-state index in [1.54, 1.807) is 0 Å². The molecule has 2 heteroatoms. The molecule has 1 rings (SSSR count). The lowest BCUT2D eigenvalue weighted by Gasteiger charge is -2.10. The van der Waals surface area contributed by atoms with Crippen molar-refractivity contribution in [1.82, 2.24) is 0 Å². The zero-order valence-electron chi connectivity index (χ0n) is 9.42. The summed E-state index contributed by atoms with van der Waals surface area (Å²) >= 11 is 0. The minimum absolute atomic E-state index is 0.0176. The van der Waals surface area contributed by atoms with Gasteiger partial charge in [-0.2, -0.15) is 0 Å². The molecule has 2 nitrogen and oxygen atoms in total. The van der Waals surface area contributed by atoms with Crippen LogP contribution in [0.5, 0.6) is 0 Å². The van der Waals surface area contributed by atoms with Crippen LogP contribution in [0.4, 0.5) is 0 Å². The van der Waals surface area contributed by atoms with Crippen LogP contribution in [-0.4, -0.2) is 12.1 Å². The van der Waals surface area contributed by atoms with Gasteiger partial charge in [0.2, 0.25) is 0 Å². The number of esters is 1. The second-order valence-corrected chi connectivity index (χ2v) is 4.39. The second kappa shape index (κ2) is 6.05. The van der Waals surface area contributed by atoms with Crippen molar-refractivity contribution in [2.45, 2.75) is 64.9 Å². The summed E-state index contributed by atoms with van der Waals surface area (Å²) < 4.78 is 5.24. The first-order valence-electron chi connectivity index (χ1n) is 5.94. The van der Waals surface area contributed by atoms with Gasteiger partial charge in [-0.15, -0.1) is 0 Å². The summed E-state index contributed by atoms with van der Waals surface area (Å²) in [7, 11) is 0. The summed E-state index contributed by atoms with van der Waals surface area (Å²) in [5, 5.41) is 0. The average molecular weight is 198 g/mol. The molecule has 1 atom stereocenters. The van der Waals surface area contributed by atoms with Crippen molar-refractivity contribution in [3.8, 4) is 0 Å². The fourth-order valence-corrected chi connectivity index (χ4v) is 1.46. The summed E-state index contributed by atoms with van der Waals surface area (Å²) in [5.74, 6) is 0.122. The Bertz CT molecular complexity index is 173. The predicted octanol–water partition coefficient (Wildman–Crippen LogP) is 3.30. The van der Waals surface area contributed by atoms with Gasteiger partial charge in [-0.05, 0) is 19.3 Å². The van der Waals surface area contributed by atoms with Crippen molar-refractivity contribution >= 4 is 5.97 Å². The Labute approximate surface area is 87.0 Å². The van der Waals surface area contributed by atoms with E-state index in [-0.39, 0.29) is 18.0 Å². The first-order chi connectivity index (χ1) is 6.74. The third-order valence-electron chi connectivity index (χ3n) is 2.70. The fourth-order valence-electron chi connectivity index (χ4n) is 1.46. The maximum absolute atomic E-state index is 11.4. The van der Waals surface area contributed by atoms with E-state index in [0.717, 1.165) is 25.7 Å². The quantitative estimate of drug-likeness (QED) is 0.463. The van der Waals surface area contributed by atoms with Gasteiger partial charge in [0.1, 0.15) is 6.10 Å². The summed E-state index contributed by atoms with van der Waals surface area (Å²) in [6, 6.07) is 0. The van der Waals surface area contributed by atoms with Crippen molar-refractivity contribution in [1.29, 1.82) is 0 Å². The molecule has 0 spiro atoms. The largest absolute Gasteiger partial charge is 0.462 e. The van der Waals surface area contributed by atoms with Crippen LogP contribution in [0.1, 0.15) is 58.8 Å². The molecular weight excluding hydrogens is 176 g/mol. The van der Waals surface area contributed by atoms with E-state index in [9.17, 15) is 4.79 Å². The normalized spacial score (nSPS) is 17.9. The van der Waals surface area contributed by atoms with Crippen LogP contribution >= 0.6 is 0 Å². The number of rotatable bonds is 7. The molecule has 1 unspecified atom stereocenters. The number of carbonyl (C=O) groups excluding carboxylic acids is 1. The summed E-state index contributed by atoms with van der Waals surface area (Å²) in [6.07, 6.45) is 8.35. The van der Waals surface area contributed by atoms with Gasteiger partial charge in [0.25, 0.3) is 0 Å². The maximum Gasteiger partial charge on any atom is 0.308 e. The Morgan fingerprint density at radius 2 is 2.07 bits per heavy atom. The van der Waals surface area contributed by atoms with E-state index < -0.39 is 0 Å². The standard InChI is InChI=1S/C12H22O2/c1-3-4-5-6-7-10(2)12(13)14-11-8-9-11/h10-11H,3-9H2,1-2H3. The third-order valence-corrected chi connectivity index (χ3v) is 2.70. The molecule has 0 bridgehead atoms. The van der Waals surface area contributed by atoms with E-state index in [0.29, 0.717) is 0 Å². The minimum Gasteiger partial charge on any atom is -0.462 e. The Morgan fingerprint density at radius 3 is 2.64 bits per heavy atom. The molecule has 0 aromatic heterocycles. The molecule has 1 saturated carbocycles. The highest BCUT2D eigenvalue weighted by Gasteiger charge is 2.27. The summed E-state index contributed by atoms with van der Waals surface area (Å²) in [5.41, 5.74) is 0. The molecule has 0 aromatic carbocycles. The molecule has 0 N–H and O–H groups in total. The van der Waals surface area contributed by atoms with E-state index in [1.165, 1.54) is 19.3 Å². The van der Waals surface area contributed by atoms with Crippen molar-refractivity contribution in [2.75, 3.05) is 0 Å². The summed E-state index contributed by atoms with van der Waals surface area (Å²) in [4.78, 5) is 11.4. The molecule has 0 radical (unpaired) electrons. The second-order valence-electron chi connectivity index (χ2n) is 4.39. The van der Waals surface area contributed by atoms with Gasteiger partial charge in [0.05, 0.1) is 5.92 Å². The first-order valence-corrected chi connectivity index (χ1v) is 5.94. The lowest BCUT2D eigenvalue weighted by Crippen LogP contribution is -2.15. The van der Waals surface area contributed by atoms with Crippen LogP contribution < -0.4 is 0 Å². The maximum atomic E-state index is 11.4. The molecule has 82 valence electrons. The van der Waals surface area contributed by atoms with Crippen LogP contribution in [-0.2, 0) is 9.53 Å². The van der Waals surface area contributed by atoms with Crippen LogP contribution in [0.25, 0.3) is 0 Å². The van der Waals surface area contributed by atoms with Crippen molar-refractivity contribution in [2.24, 2.45) is 5.92 Å². The molecule has 1 fully saturated rings. The Morgan fingerprint density at radius 1 is 1.36 bits per heavy atom. The van der Waals surface area contributed by atoms with Gasteiger partial charge in [0.15, 0.2) is 0 Å². The van der Waals surface area contributed by atoms with Crippen LogP contribution in [0, 0.1) is 5.92 Å². The SMILES string of the molecule is CCCCCCC(C)C(=O)OC1CC1. The van der Waals surface area contributed by atoms with Gasteiger partial charge < -0.3 is 4.74 Å². The van der Waals surface area contributed by atoms with Gasteiger partial charge >= 0.3 is 5.97 Å². The van der Waals surface area contributed by atoms with Crippen molar-refractivity contribution < 1.29 is 9.53 Å². The monoisotopic (exact) mass is 198 g/mol. The molecule has 0 aromatic rings. The van der Waals surface area contributed by atoms with E-state index in [2.05, 4.69) is 6.92 Å². The van der Waals surface area contributed by atoms with Gasteiger partial charge in [-0.25, -0.2) is 0 Å². The Kier molecular flexibility index (Phi) is 4.99. The van der Waals surface area contributed by atoms with E-state index in [1.807, 2.05) is 6.92 Å². The molecule has 1 aliphatic rings. The summed E-state index contributed by atoms with van der Waals surface area (Å²) in [6.45, 7) is 4.18. The highest BCUT2D eigenvalue weighted by molar-refractivity contribution is 5.72. The van der Waals surface area contributed by atoms with Gasteiger partial charge in [0, 0.05) is 0 Å². The van der Waals surface area contributed by atoms with E-state index in [4.69, 9.17) is 4.74 Å². The number of hydrogen-bond donors (Lipinski definition) is 0. The first kappa shape index (κ1) is 11.5. The smallest absolute Gasteiger partial charge is 0.308 e. The molecule has 14 heavy (non-hydrogen) atoms. The molecule has 0 saturated heterocycles. The number of hydrogen-bond acceptors (Lipinski definition) is 2. The van der Waals surface area contributed by atoms with Crippen molar-refractivity contribution in [3.63, 3.8) is 0 Å². The predicted molar refractivity (Wildman–Crippen MR) is 57.0 cm³/mol. The van der Waals surface area contributed by atoms with Crippen molar-refractivity contribution in [3.05, 3.63) is 0 Å². The molecule has 0 aliphatic heterocycles. The Balaban J connectivity index is 2.00. The number of carbonyl (C=O) groups is 1. The lowest BCUT2D eigenvalue weighted by molar-refractivity contribution is -0.149. The number of ether oxygens (including phenoxy) is 1. The molecule has 0 amide bonds. The van der Waals surface area contributed by atoms with Crippen LogP contribution in [0.2, 0.25) is 0 Å². The lowest BCUT2D eigenvalue weighted by atomic mass is 10.0. The third kappa shape index (κ3) is 4.64. The molecular formula is C12H22O2. The van der Waals surface area contributed by atoms with Crippen LogP contribution in [0.15, 0.2) is 0 Å². The van der Waals surface area contributed by atoms with Gasteiger partial charge in [-0.1, -0.05) is 39.5 Å². The topological polar surface area (TPSA) is 26.3 Å². The average Bonchev–Trinajstić information content (AvgIpc) is 2.96. The fraction of sp³-hybridized carbons (Fsp3) is 0.917. The number of unbranched alkanes of at least 4 members (excludes halogenated alkanes) is 3. The molecule has 0 heterocycles. The van der Waals surface area contributed by atoms with Crippen LogP contribution in [0.3, 0.4) is 0 Å². The minimum atomic E-state index is 0.0176. The molecule has 1 aliphatic carbocycles. The highest BCUT2D eigenvalue weighted by Crippen LogP contribution is 2.25. The Hall–Kier alpha value is -0.530.